The van der Waals surface area contributed by atoms with Crippen molar-refractivity contribution in [1.82, 2.24) is 9.97 Å². The van der Waals surface area contributed by atoms with Gasteiger partial charge in [0.25, 0.3) is 0 Å². The van der Waals surface area contributed by atoms with Crippen LogP contribution in [0.3, 0.4) is 0 Å². The number of carbonyl (C=O) groups is 1. The number of ether oxygens (including phenoxy) is 1. The molecule has 98 valence electrons. The molecule has 0 fully saturated rings. The Labute approximate surface area is 120 Å². The van der Waals surface area contributed by atoms with Crippen LogP contribution in [-0.4, -0.2) is 22.2 Å². The molecule has 2 aromatic rings. The number of rotatable bonds is 3. The fourth-order valence-electron chi connectivity index (χ4n) is 1.41. The van der Waals surface area contributed by atoms with Gasteiger partial charge in [-0.2, -0.15) is 0 Å². The molecule has 19 heavy (non-hydrogen) atoms. The van der Waals surface area contributed by atoms with Crippen molar-refractivity contribution in [1.29, 1.82) is 0 Å². The molecule has 2 rings (SSSR count). The fourth-order valence-corrected chi connectivity index (χ4v) is 1.92. The molecule has 0 atom stereocenters. The monoisotopic (exact) mass is 294 g/mol. The highest BCUT2D eigenvalue weighted by atomic mass is 35.5. The lowest BCUT2D eigenvalue weighted by Crippen LogP contribution is -2.13. The number of esters is 1. The van der Waals surface area contributed by atoms with Crippen molar-refractivity contribution in [3.8, 4) is 5.75 Å². The zero-order chi connectivity index (χ0) is 13.8. The molecule has 0 unspecified atom stereocenters. The Morgan fingerprint density at radius 3 is 2.79 bits per heavy atom. The minimum atomic E-state index is -0.586. The Kier molecular flexibility index (Phi) is 4.39. The van der Waals surface area contributed by atoms with E-state index in [1.165, 1.54) is 18.0 Å². The molecule has 0 aliphatic carbocycles. The van der Waals surface area contributed by atoms with Gasteiger partial charge in [0.1, 0.15) is 5.75 Å². The maximum absolute atomic E-state index is 12.0. The topological polar surface area (TPSA) is 52.1 Å². The van der Waals surface area contributed by atoms with Crippen LogP contribution < -0.4 is 4.74 Å². The van der Waals surface area contributed by atoms with Crippen molar-refractivity contribution in [2.24, 2.45) is 0 Å². The molecule has 0 aliphatic rings. The lowest BCUT2D eigenvalue weighted by Gasteiger charge is -2.07. The predicted octanol–water partition coefficient (Wildman–Crippen LogP) is 3.38. The summed E-state index contributed by atoms with van der Waals surface area (Å²) in [5, 5.41) is 0.650. The number of hydrogen-bond acceptors (Lipinski definition) is 5. The average molecular weight is 295 g/mol. The summed E-state index contributed by atoms with van der Waals surface area (Å²) >= 11 is 7.25. The summed E-state index contributed by atoms with van der Waals surface area (Å²) in [7, 11) is 0. The summed E-state index contributed by atoms with van der Waals surface area (Å²) in [5.74, 6) is -0.0927. The third kappa shape index (κ3) is 3.24. The van der Waals surface area contributed by atoms with Gasteiger partial charge in [-0.3, -0.25) is 0 Å². The first kappa shape index (κ1) is 13.8. The highest BCUT2D eigenvalue weighted by molar-refractivity contribution is 7.98. The van der Waals surface area contributed by atoms with Gasteiger partial charge >= 0.3 is 5.97 Å². The Morgan fingerprint density at radius 1 is 1.37 bits per heavy atom. The molecule has 1 heterocycles. The normalized spacial score (nSPS) is 10.3. The summed E-state index contributed by atoms with van der Waals surface area (Å²) in [6.07, 6.45) is 3.22. The number of nitrogens with zero attached hydrogens (tertiary/aromatic N) is 2. The van der Waals surface area contributed by atoms with Crippen molar-refractivity contribution in [2.75, 3.05) is 6.26 Å². The molecule has 0 aliphatic heterocycles. The zero-order valence-electron chi connectivity index (χ0n) is 10.4. The first-order valence-electron chi connectivity index (χ1n) is 5.46. The van der Waals surface area contributed by atoms with Crippen molar-refractivity contribution in [3.63, 3.8) is 0 Å². The number of benzene rings is 1. The van der Waals surface area contributed by atoms with Gasteiger partial charge in [-0.25, -0.2) is 14.8 Å². The second-order valence-electron chi connectivity index (χ2n) is 3.71. The van der Waals surface area contributed by atoms with Crippen LogP contribution in [0, 0.1) is 6.92 Å². The van der Waals surface area contributed by atoms with E-state index in [1.54, 1.807) is 12.1 Å². The van der Waals surface area contributed by atoms with E-state index in [0.29, 0.717) is 10.9 Å². The zero-order valence-corrected chi connectivity index (χ0v) is 12.0. The number of aromatic nitrogens is 2. The van der Waals surface area contributed by atoms with Crippen molar-refractivity contribution in [2.45, 2.75) is 12.1 Å². The smallest absolute Gasteiger partial charge is 0.364 e. The van der Waals surface area contributed by atoms with Crippen LogP contribution in [0.15, 0.2) is 35.6 Å². The summed E-state index contributed by atoms with van der Waals surface area (Å²) in [6, 6.07) is 7.25. The van der Waals surface area contributed by atoms with Crippen LogP contribution in [-0.2, 0) is 0 Å². The molecule has 1 aromatic heterocycles. The Hall–Kier alpha value is -1.59. The van der Waals surface area contributed by atoms with E-state index in [4.69, 9.17) is 16.3 Å². The quantitative estimate of drug-likeness (QED) is 0.376. The molecular formula is C13H11ClN2O2S. The van der Waals surface area contributed by atoms with Gasteiger partial charge in [0.05, 0.1) is 11.2 Å². The molecule has 0 spiro atoms. The number of para-hydroxylation sites is 1. The van der Waals surface area contributed by atoms with E-state index in [9.17, 15) is 4.79 Å². The molecule has 0 bridgehead atoms. The van der Waals surface area contributed by atoms with Crippen molar-refractivity contribution >= 4 is 29.3 Å². The summed E-state index contributed by atoms with van der Waals surface area (Å²) in [6.45, 7) is 1.86. The minimum absolute atomic E-state index is 0.0734. The van der Waals surface area contributed by atoms with Gasteiger partial charge in [0, 0.05) is 0 Å². The fraction of sp³-hybridized carbons (Fsp3) is 0.154. The van der Waals surface area contributed by atoms with Crippen molar-refractivity contribution < 1.29 is 9.53 Å². The van der Waals surface area contributed by atoms with Gasteiger partial charge in [0.15, 0.2) is 10.9 Å². The van der Waals surface area contributed by atoms with Crippen LogP contribution in [0.2, 0.25) is 5.02 Å². The molecule has 0 amide bonds. The third-order valence-corrected chi connectivity index (χ3v) is 3.23. The molecule has 0 saturated carbocycles. The highest BCUT2D eigenvalue weighted by Gasteiger charge is 2.17. The molecule has 6 heteroatoms. The number of halogens is 1. The SMILES string of the molecule is CSc1ncc(Cl)c(C(=O)Oc2ccccc2C)n1. The Bertz CT molecular complexity index is 619. The van der Waals surface area contributed by atoms with Crippen molar-refractivity contribution in [3.05, 3.63) is 46.7 Å². The molecule has 4 nitrogen and oxygen atoms in total. The van der Waals surface area contributed by atoms with Gasteiger partial charge in [-0.15, -0.1) is 0 Å². The number of aryl methyl sites for hydroxylation is 1. The van der Waals surface area contributed by atoms with Crippen LogP contribution in [0.1, 0.15) is 16.1 Å². The first-order chi connectivity index (χ1) is 9.11. The second-order valence-corrected chi connectivity index (χ2v) is 4.89. The van der Waals surface area contributed by atoms with E-state index in [0.717, 1.165) is 5.56 Å². The van der Waals surface area contributed by atoms with E-state index < -0.39 is 5.97 Å². The maximum Gasteiger partial charge on any atom is 0.364 e. The molecule has 1 aromatic carbocycles. The van der Waals surface area contributed by atoms with E-state index >= 15 is 0 Å². The molecule has 0 radical (unpaired) electrons. The van der Waals surface area contributed by atoms with Crippen LogP contribution in [0.4, 0.5) is 0 Å². The number of thioether (sulfide) groups is 1. The highest BCUT2D eigenvalue weighted by Crippen LogP contribution is 2.21. The third-order valence-electron chi connectivity index (χ3n) is 2.39. The van der Waals surface area contributed by atoms with E-state index in [1.807, 2.05) is 25.3 Å². The van der Waals surface area contributed by atoms with E-state index in [2.05, 4.69) is 9.97 Å². The molecule has 0 saturated heterocycles. The first-order valence-corrected chi connectivity index (χ1v) is 7.06. The number of hydrogen-bond donors (Lipinski definition) is 0. The number of carbonyl (C=O) groups excluding carboxylic acids is 1. The van der Waals surface area contributed by atoms with Gasteiger partial charge in [-0.05, 0) is 24.8 Å². The van der Waals surface area contributed by atoms with Crippen LogP contribution in [0.5, 0.6) is 5.75 Å². The standard InChI is InChI=1S/C13H11ClN2O2S/c1-8-5-3-4-6-10(8)18-12(17)11-9(14)7-15-13(16-11)19-2/h3-7H,1-2H3. The lowest BCUT2D eigenvalue weighted by molar-refractivity contribution is 0.0726. The summed E-state index contributed by atoms with van der Waals surface area (Å²) < 4.78 is 5.29. The van der Waals surface area contributed by atoms with Crippen LogP contribution in [0.25, 0.3) is 0 Å². The Morgan fingerprint density at radius 2 is 2.11 bits per heavy atom. The van der Waals surface area contributed by atoms with E-state index in [-0.39, 0.29) is 10.7 Å². The Balaban J connectivity index is 2.28. The maximum atomic E-state index is 12.0. The second kappa shape index (κ2) is 6.04. The molecule has 0 N–H and O–H groups in total. The summed E-state index contributed by atoms with van der Waals surface area (Å²) in [5.41, 5.74) is 0.940. The average Bonchev–Trinajstić information content (AvgIpc) is 2.42. The van der Waals surface area contributed by atoms with Gasteiger partial charge in [0.2, 0.25) is 0 Å². The minimum Gasteiger partial charge on any atom is -0.421 e. The van der Waals surface area contributed by atoms with Crippen LogP contribution >= 0.6 is 23.4 Å². The van der Waals surface area contributed by atoms with Gasteiger partial charge < -0.3 is 4.74 Å². The largest absolute Gasteiger partial charge is 0.421 e. The predicted molar refractivity (Wildman–Crippen MR) is 75.0 cm³/mol. The lowest BCUT2D eigenvalue weighted by atomic mass is 10.2. The molecular weight excluding hydrogens is 284 g/mol. The summed E-state index contributed by atoms with van der Waals surface area (Å²) in [4.78, 5) is 20.1. The van der Waals surface area contributed by atoms with Gasteiger partial charge in [-0.1, -0.05) is 41.6 Å².